The van der Waals surface area contributed by atoms with Gasteiger partial charge < -0.3 is 38.8 Å². The Morgan fingerprint density at radius 2 is 1.56 bits per heavy atom. The van der Waals surface area contributed by atoms with E-state index in [9.17, 15) is 33.9 Å². The number of hydrogen-bond donors (Lipinski definition) is 2. The summed E-state index contributed by atoms with van der Waals surface area (Å²) in [6.45, 7) is 4.69. The van der Waals surface area contributed by atoms with Gasteiger partial charge in [0.25, 0.3) is 5.79 Å². The first-order valence-electron chi connectivity index (χ1n) is 10.1. The molecule has 0 radical (unpaired) electrons. The number of carbonyl (C=O) groups is 6. The number of aliphatic hydroxyl groups is 1. The van der Waals surface area contributed by atoms with Crippen molar-refractivity contribution in [2.45, 2.75) is 77.3 Å². The van der Waals surface area contributed by atoms with Crippen LogP contribution in [0.4, 0.5) is 0 Å². The number of methoxy groups -OCH3 is 1. The normalized spacial score (nSPS) is 25.7. The van der Waals surface area contributed by atoms with Crippen molar-refractivity contribution in [1.82, 2.24) is 5.32 Å². The van der Waals surface area contributed by atoms with E-state index in [1.165, 1.54) is 0 Å². The minimum absolute atomic E-state index is 0.617. The zero-order valence-electron chi connectivity index (χ0n) is 19.6. The van der Waals surface area contributed by atoms with Crippen LogP contribution in [0.5, 0.6) is 0 Å². The lowest BCUT2D eigenvalue weighted by atomic mass is 9.88. The summed E-state index contributed by atoms with van der Waals surface area (Å²) in [6.07, 6.45) is -6.86. The molecule has 1 amide bonds. The molecular weight excluding hydrogens is 462 g/mol. The fourth-order valence-electron chi connectivity index (χ4n) is 3.41. The van der Waals surface area contributed by atoms with Gasteiger partial charge in [0.15, 0.2) is 12.2 Å². The Hall–Kier alpha value is -3.26. The summed E-state index contributed by atoms with van der Waals surface area (Å²) in [6, 6.07) is -1.31. The molecule has 0 saturated carbocycles. The van der Waals surface area contributed by atoms with Crippen LogP contribution in [0, 0.1) is 0 Å². The Balaban J connectivity index is 3.64. The summed E-state index contributed by atoms with van der Waals surface area (Å²) in [5.41, 5.74) is 0. The highest BCUT2D eigenvalue weighted by molar-refractivity contribution is 5.78. The summed E-state index contributed by atoms with van der Waals surface area (Å²) in [5, 5.41) is 13.3. The first-order chi connectivity index (χ1) is 15.7. The van der Waals surface area contributed by atoms with E-state index < -0.39 is 85.0 Å². The van der Waals surface area contributed by atoms with Crippen LogP contribution in [0.1, 0.15) is 41.0 Å². The van der Waals surface area contributed by atoms with Gasteiger partial charge >= 0.3 is 29.8 Å². The van der Waals surface area contributed by atoms with Gasteiger partial charge in [-0.25, -0.2) is 4.79 Å². The van der Waals surface area contributed by atoms with E-state index in [4.69, 9.17) is 23.7 Å². The molecule has 34 heavy (non-hydrogen) atoms. The van der Waals surface area contributed by atoms with Crippen molar-refractivity contribution in [2.75, 3.05) is 13.7 Å². The fraction of sp³-hybridized carbons (Fsp3) is 0.700. The third-order valence-corrected chi connectivity index (χ3v) is 4.52. The first-order valence-corrected chi connectivity index (χ1v) is 10.1. The Bertz CT molecular complexity index is 812. The average Bonchev–Trinajstić information content (AvgIpc) is 2.69. The van der Waals surface area contributed by atoms with Gasteiger partial charge in [-0.15, -0.1) is 0 Å². The summed E-state index contributed by atoms with van der Waals surface area (Å²) in [5.74, 6) is -7.98. The molecule has 0 aromatic rings. The van der Waals surface area contributed by atoms with Gasteiger partial charge in [0.05, 0.1) is 19.6 Å². The lowest BCUT2D eigenvalue weighted by Crippen LogP contribution is -2.68. The van der Waals surface area contributed by atoms with Crippen LogP contribution in [0.15, 0.2) is 0 Å². The van der Waals surface area contributed by atoms with Crippen LogP contribution < -0.4 is 5.32 Å². The van der Waals surface area contributed by atoms with Gasteiger partial charge in [-0.2, -0.15) is 0 Å². The van der Waals surface area contributed by atoms with Crippen molar-refractivity contribution in [3.05, 3.63) is 0 Å². The van der Waals surface area contributed by atoms with Crippen molar-refractivity contribution < 1.29 is 62.3 Å². The minimum Gasteiger partial charge on any atom is -0.465 e. The van der Waals surface area contributed by atoms with E-state index in [2.05, 4.69) is 10.1 Å². The molecule has 1 fully saturated rings. The molecule has 1 rings (SSSR count). The molecule has 192 valence electrons. The highest BCUT2D eigenvalue weighted by atomic mass is 16.7. The molecule has 0 aromatic carbocycles. The molecule has 3 unspecified atom stereocenters. The molecule has 0 aromatic heterocycles. The molecular formula is C20H29NO13. The van der Waals surface area contributed by atoms with Crippen molar-refractivity contribution >= 4 is 35.8 Å². The van der Waals surface area contributed by atoms with Crippen LogP contribution in [-0.2, 0) is 57.2 Å². The molecule has 0 aliphatic carbocycles. The summed E-state index contributed by atoms with van der Waals surface area (Å²) in [4.78, 5) is 70.9. The maximum atomic E-state index is 12.3. The van der Waals surface area contributed by atoms with E-state index in [0.29, 0.717) is 0 Å². The molecule has 1 aliphatic heterocycles. The second-order valence-corrected chi connectivity index (χ2v) is 7.46. The molecule has 6 atom stereocenters. The molecule has 1 saturated heterocycles. The average molecular weight is 491 g/mol. The number of esters is 5. The van der Waals surface area contributed by atoms with E-state index in [-0.39, 0.29) is 0 Å². The molecule has 0 bridgehead atoms. The molecule has 2 N–H and O–H groups in total. The Morgan fingerprint density at radius 1 is 0.971 bits per heavy atom. The maximum Gasteiger partial charge on any atom is 0.366 e. The van der Waals surface area contributed by atoms with Crippen molar-refractivity contribution in [2.24, 2.45) is 0 Å². The fourth-order valence-corrected chi connectivity index (χ4v) is 3.41. The molecule has 0 spiro atoms. The van der Waals surface area contributed by atoms with Gasteiger partial charge in [-0.1, -0.05) is 0 Å². The van der Waals surface area contributed by atoms with Crippen LogP contribution in [0.2, 0.25) is 0 Å². The minimum atomic E-state index is -2.71. The van der Waals surface area contributed by atoms with E-state index in [0.717, 1.165) is 41.7 Å². The van der Waals surface area contributed by atoms with E-state index in [1.54, 1.807) is 0 Å². The van der Waals surface area contributed by atoms with Crippen LogP contribution >= 0.6 is 0 Å². The van der Waals surface area contributed by atoms with Crippen molar-refractivity contribution in [3.8, 4) is 0 Å². The number of nitrogens with one attached hydrogen (secondary N) is 1. The Labute approximate surface area is 195 Å². The van der Waals surface area contributed by atoms with Crippen LogP contribution in [-0.4, -0.2) is 90.8 Å². The summed E-state index contributed by atoms with van der Waals surface area (Å²) in [7, 11) is 0.964. The van der Waals surface area contributed by atoms with Gasteiger partial charge in [0, 0.05) is 34.6 Å². The smallest absolute Gasteiger partial charge is 0.366 e. The third kappa shape index (κ3) is 8.26. The maximum absolute atomic E-state index is 12.3. The Kier molecular flexibility index (Phi) is 10.4. The first kappa shape index (κ1) is 28.8. The number of rotatable bonds is 9. The quantitative estimate of drug-likeness (QED) is 0.280. The van der Waals surface area contributed by atoms with Crippen LogP contribution in [0.25, 0.3) is 0 Å². The zero-order chi connectivity index (χ0) is 26.2. The monoisotopic (exact) mass is 491 g/mol. The zero-order valence-corrected chi connectivity index (χ0v) is 19.6. The molecule has 1 heterocycles. The highest BCUT2D eigenvalue weighted by Crippen LogP contribution is 2.34. The standard InChI is InChI=1S/C20H29NO13/c1-9(22)21-16-14(31-11(3)24)7-20(28,19(27)29-6)34-18(16)17(33-13(5)26)15(32-12(4)25)8-30-10(2)23/h14-18,28H,7-8H2,1-6H3,(H,21,22)/t14-,15?,16+,17?,18+,20?/m0/s1. The predicted molar refractivity (Wildman–Crippen MR) is 107 cm³/mol. The van der Waals surface area contributed by atoms with Gasteiger partial charge in [-0.3, -0.25) is 24.0 Å². The van der Waals surface area contributed by atoms with Gasteiger partial charge in [0.1, 0.15) is 18.8 Å². The SMILES string of the molecule is COC(=O)C1(O)C[C@H](OC(C)=O)[C@@H](NC(C)=O)[C@H](C(OC(C)=O)C(COC(C)=O)OC(C)=O)O1. The number of hydrogen-bond acceptors (Lipinski definition) is 13. The highest BCUT2D eigenvalue weighted by Gasteiger charge is 2.57. The summed E-state index contributed by atoms with van der Waals surface area (Å²) < 4.78 is 30.6. The summed E-state index contributed by atoms with van der Waals surface area (Å²) >= 11 is 0. The lowest BCUT2D eigenvalue weighted by Gasteiger charge is -2.46. The number of amides is 1. The second kappa shape index (κ2) is 12.3. The second-order valence-electron chi connectivity index (χ2n) is 7.46. The van der Waals surface area contributed by atoms with Crippen molar-refractivity contribution in [1.29, 1.82) is 0 Å². The molecule has 14 heteroatoms. The van der Waals surface area contributed by atoms with Gasteiger partial charge in [0.2, 0.25) is 5.91 Å². The van der Waals surface area contributed by atoms with E-state index in [1.807, 2.05) is 0 Å². The Morgan fingerprint density at radius 3 is 2.00 bits per heavy atom. The molecule has 1 aliphatic rings. The third-order valence-electron chi connectivity index (χ3n) is 4.52. The topological polar surface area (TPSA) is 190 Å². The van der Waals surface area contributed by atoms with Crippen LogP contribution in [0.3, 0.4) is 0 Å². The predicted octanol–water partition coefficient (Wildman–Crippen LogP) is -1.50. The number of ether oxygens (including phenoxy) is 6. The lowest BCUT2D eigenvalue weighted by molar-refractivity contribution is -0.299. The van der Waals surface area contributed by atoms with Gasteiger partial charge in [-0.05, 0) is 0 Å². The van der Waals surface area contributed by atoms with E-state index >= 15 is 0 Å². The molecule has 14 nitrogen and oxygen atoms in total. The number of carbonyl (C=O) groups excluding carboxylic acids is 6. The largest absolute Gasteiger partial charge is 0.465 e. The van der Waals surface area contributed by atoms with Crippen molar-refractivity contribution in [3.63, 3.8) is 0 Å².